The predicted octanol–water partition coefficient (Wildman–Crippen LogP) is 2.03. The maximum absolute atomic E-state index is 12.3. The molecule has 0 atom stereocenters. The van der Waals surface area contributed by atoms with Crippen LogP contribution in [-0.2, 0) is 0 Å². The molecule has 0 saturated heterocycles. The summed E-state index contributed by atoms with van der Waals surface area (Å²) in [5, 5.41) is 7.68. The topological polar surface area (TPSA) is 85.6 Å². The van der Waals surface area contributed by atoms with Crippen molar-refractivity contribution in [2.45, 2.75) is 5.03 Å². The third kappa shape index (κ3) is 3.12. The molecule has 0 bridgehead atoms. The first-order chi connectivity index (χ1) is 10.8. The summed E-state index contributed by atoms with van der Waals surface area (Å²) in [6.45, 7) is 0. The summed E-state index contributed by atoms with van der Waals surface area (Å²) in [6.07, 6.45) is 8.09. The minimum atomic E-state index is -0.220. The van der Waals surface area contributed by atoms with Crippen molar-refractivity contribution in [1.82, 2.24) is 24.7 Å². The van der Waals surface area contributed by atoms with E-state index in [1.807, 2.05) is 12.3 Å². The average Bonchev–Trinajstić information content (AvgIpc) is 3.09. The second-order valence-electron chi connectivity index (χ2n) is 4.28. The lowest BCUT2D eigenvalue weighted by atomic mass is 10.2. The number of nitrogens with zero attached hydrogens (tertiary/aromatic N) is 5. The monoisotopic (exact) mass is 312 g/mol. The SMILES string of the molecule is CSc1cc(NC(=O)c2ccnc(-n3cncn3)c2)ccn1. The van der Waals surface area contributed by atoms with Crippen LogP contribution < -0.4 is 5.32 Å². The van der Waals surface area contributed by atoms with Crippen LogP contribution in [0.4, 0.5) is 5.69 Å². The number of rotatable bonds is 4. The lowest BCUT2D eigenvalue weighted by molar-refractivity contribution is 0.102. The van der Waals surface area contributed by atoms with Gasteiger partial charge in [0.15, 0.2) is 5.82 Å². The van der Waals surface area contributed by atoms with Gasteiger partial charge in [-0.15, -0.1) is 11.8 Å². The second kappa shape index (κ2) is 6.35. The van der Waals surface area contributed by atoms with Crippen LogP contribution in [0.15, 0.2) is 54.3 Å². The van der Waals surface area contributed by atoms with Gasteiger partial charge < -0.3 is 5.32 Å². The summed E-state index contributed by atoms with van der Waals surface area (Å²) < 4.78 is 1.50. The number of carbonyl (C=O) groups excluding carboxylic acids is 1. The maximum Gasteiger partial charge on any atom is 0.255 e. The van der Waals surface area contributed by atoms with Crippen molar-refractivity contribution >= 4 is 23.4 Å². The predicted molar refractivity (Wildman–Crippen MR) is 83.1 cm³/mol. The first-order valence-electron chi connectivity index (χ1n) is 6.39. The van der Waals surface area contributed by atoms with Gasteiger partial charge in [-0.05, 0) is 30.5 Å². The minimum Gasteiger partial charge on any atom is -0.322 e. The number of nitrogens with one attached hydrogen (secondary N) is 1. The molecule has 0 aliphatic rings. The highest BCUT2D eigenvalue weighted by atomic mass is 32.2. The Morgan fingerprint density at radius 2 is 2.09 bits per heavy atom. The molecule has 1 amide bonds. The number of thioether (sulfide) groups is 1. The third-order valence-corrected chi connectivity index (χ3v) is 3.50. The molecule has 0 spiro atoms. The highest BCUT2D eigenvalue weighted by Gasteiger charge is 2.09. The normalized spacial score (nSPS) is 10.4. The van der Waals surface area contributed by atoms with E-state index in [0.717, 1.165) is 5.03 Å². The van der Waals surface area contributed by atoms with E-state index in [1.165, 1.54) is 29.1 Å². The number of anilines is 1. The lowest BCUT2D eigenvalue weighted by Crippen LogP contribution is -2.13. The van der Waals surface area contributed by atoms with Gasteiger partial charge in [-0.3, -0.25) is 4.79 Å². The van der Waals surface area contributed by atoms with Gasteiger partial charge in [-0.2, -0.15) is 5.10 Å². The largest absolute Gasteiger partial charge is 0.322 e. The van der Waals surface area contributed by atoms with E-state index in [9.17, 15) is 4.79 Å². The Hall–Kier alpha value is -2.74. The molecule has 0 radical (unpaired) electrons. The number of aromatic nitrogens is 5. The number of hydrogen-bond donors (Lipinski definition) is 1. The molecule has 7 nitrogen and oxygen atoms in total. The standard InChI is InChI=1S/C14H12N6OS/c1-22-13-7-11(3-5-17-13)19-14(21)10-2-4-16-12(6-10)20-9-15-8-18-20/h2-9H,1H3,(H,17,19,21). The quantitative estimate of drug-likeness (QED) is 0.742. The van der Waals surface area contributed by atoms with Crippen molar-refractivity contribution in [2.75, 3.05) is 11.6 Å². The van der Waals surface area contributed by atoms with Gasteiger partial charge in [0.25, 0.3) is 5.91 Å². The van der Waals surface area contributed by atoms with Crippen LogP contribution in [0.1, 0.15) is 10.4 Å². The van der Waals surface area contributed by atoms with E-state index in [-0.39, 0.29) is 5.91 Å². The summed E-state index contributed by atoms with van der Waals surface area (Å²) in [5.41, 5.74) is 1.19. The zero-order chi connectivity index (χ0) is 15.4. The Morgan fingerprint density at radius 3 is 2.86 bits per heavy atom. The Labute approximate surface area is 130 Å². The van der Waals surface area contributed by atoms with Crippen LogP contribution in [-0.4, -0.2) is 36.9 Å². The molecule has 3 aromatic rings. The molecule has 3 rings (SSSR count). The Kier molecular flexibility index (Phi) is 4.10. The molecular formula is C14H12N6OS. The smallest absolute Gasteiger partial charge is 0.255 e. The summed E-state index contributed by atoms with van der Waals surface area (Å²) in [4.78, 5) is 24.5. The first kappa shape index (κ1) is 14.2. The molecule has 0 aromatic carbocycles. The van der Waals surface area contributed by atoms with Crippen LogP contribution in [0, 0.1) is 0 Å². The van der Waals surface area contributed by atoms with E-state index in [1.54, 1.807) is 30.6 Å². The van der Waals surface area contributed by atoms with E-state index in [0.29, 0.717) is 17.1 Å². The molecule has 0 aliphatic carbocycles. The van der Waals surface area contributed by atoms with Gasteiger partial charge >= 0.3 is 0 Å². The van der Waals surface area contributed by atoms with Crippen molar-refractivity contribution in [3.8, 4) is 5.82 Å². The molecule has 110 valence electrons. The number of carbonyl (C=O) groups is 1. The van der Waals surface area contributed by atoms with E-state index in [2.05, 4.69) is 25.4 Å². The highest BCUT2D eigenvalue weighted by Crippen LogP contribution is 2.17. The fraction of sp³-hybridized carbons (Fsp3) is 0.0714. The van der Waals surface area contributed by atoms with E-state index in [4.69, 9.17) is 0 Å². The summed E-state index contributed by atoms with van der Waals surface area (Å²) >= 11 is 1.52. The van der Waals surface area contributed by atoms with Crippen LogP contribution in [0.25, 0.3) is 5.82 Å². The van der Waals surface area contributed by atoms with Crippen LogP contribution in [0.3, 0.4) is 0 Å². The van der Waals surface area contributed by atoms with Crippen LogP contribution >= 0.6 is 11.8 Å². The molecular weight excluding hydrogens is 300 g/mol. The number of hydrogen-bond acceptors (Lipinski definition) is 6. The fourth-order valence-corrected chi connectivity index (χ4v) is 2.22. The average molecular weight is 312 g/mol. The molecule has 3 aromatic heterocycles. The molecule has 0 unspecified atom stereocenters. The van der Waals surface area contributed by atoms with Crippen LogP contribution in [0.5, 0.6) is 0 Å². The van der Waals surface area contributed by atoms with Gasteiger partial charge in [0, 0.05) is 23.6 Å². The molecule has 0 fully saturated rings. The van der Waals surface area contributed by atoms with Gasteiger partial charge in [-0.25, -0.2) is 19.6 Å². The minimum absolute atomic E-state index is 0.220. The molecule has 0 aliphatic heterocycles. The number of amides is 1. The van der Waals surface area contributed by atoms with Gasteiger partial charge in [-0.1, -0.05) is 0 Å². The fourth-order valence-electron chi connectivity index (χ4n) is 1.81. The Bertz CT molecular complexity index is 790. The Morgan fingerprint density at radius 1 is 1.23 bits per heavy atom. The summed E-state index contributed by atoms with van der Waals surface area (Å²) in [5.74, 6) is 0.312. The molecule has 1 N–H and O–H groups in total. The van der Waals surface area contributed by atoms with E-state index < -0.39 is 0 Å². The van der Waals surface area contributed by atoms with Gasteiger partial charge in [0.1, 0.15) is 12.7 Å². The molecule has 0 saturated carbocycles. The van der Waals surface area contributed by atoms with Crippen molar-refractivity contribution in [3.05, 3.63) is 54.9 Å². The van der Waals surface area contributed by atoms with Gasteiger partial charge in [0.05, 0.1) is 5.03 Å². The molecule has 3 heterocycles. The third-order valence-electron chi connectivity index (χ3n) is 2.86. The Balaban J connectivity index is 1.81. The highest BCUT2D eigenvalue weighted by molar-refractivity contribution is 7.98. The summed E-state index contributed by atoms with van der Waals surface area (Å²) in [6, 6.07) is 6.87. The van der Waals surface area contributed by atoms with Gasteiger partial charge in [0.2, 0.25) is 0 Å². The number of pyridine rings is 2. The van der Waals surface area contributed by atoms with Crippen LogP contribution in [0.2, 0.25) is 0 Å². The van der Waals surface area contributed by atoms with Crippen molar-refractivity contribution in [3.63, 3.8) is 0 Å². The summed E-state index contributed by atoms with van der Waals surface area (Å²) in [7, 11) is 0. The van der Waals surface area contributed by atoms with Crippen molar-refractivity contribution < 1.29 is 4.79 Å². The van der Waals surface area contributed by atoms with Crippen molar-refractivity contribution in [1.29, 1.82) is 0 Å². The second-order valence-corrected chi connectivity index (χ2v) is 5.11. The lowest BCUT2D eigenvalue weighted by Gasteiger charge is -2.07. The van der Waals surface area contributed by atoms with E-state index >= 15 is 0 Å². The zero-order valence-electron chi connectivity index (χ0n) is 11.7. The van der Waals surface area contributed by atoms with Crippen molar-refractivity contribution in [2.24, 2.45) is 0 Å². The zero-order valence-corrected chi connectivity index (χ0v) is 12.5. The molecule has 22 heavy (non-hydrogen) atoms. The first-order valence-corrected chi connectivity index (χ1v) is 7.61. The molecule has 8 heteroatoms. The maximum atomic E-state index is 12.3.